The minimum absolute atomic E-state index is 0.113. The third-order valence-corrected chi connectivity index (χ3v) is 6.69. The maximum atomic E-state index is 13.1. The van der Waals surface area contributed by atoms with Crippen molar-refractivity contribution >= 4 is 22.0 Å². The Labute approximate surface area is 171 Å². The molecule has 0 unspecified atom stereocenters. The molecule has 1 atom stereocenters. The number of nitrogens with one attached hydrogen (secondary N) is 1. The predicted octanol–water partition coefficient (Wildman–Crippen LogP) is 1.11. The average molecular weight is 427 g/mol. The first-order valence-corrected chi connectivity index (χ1v) is 10.9. The molecule has 0 saturated heterocycles. The van der Waals surface area contributed by atoms with E-state index in [1.807, 2.05) is 20.8 Å². The lowest BCUT2D eigenvalue weighted by Gasteiger charge is -2.19. The van der Waals surface area contributed by atoms with E-state index in [0.717, 1.165) is 16.9 Å². The smallest absolute Gasteiger partial charge is 0.328 e. The van der Waals surface area contributed by atoms with Crippen LogP contribution in [0.25, 0.3) is 0 Å². The van der Waals surface area contributed by atoms with Crippen molar-refractivity contribution in [3.8, 4) is 5.75 Å². The van der Waals surface area contributed by atoms with E-state index in [2.05, 4.69) is 9.71 Å². The Morgan fingerprint density at radius 3 is 2.45 bits per heavy atom. The topological polar surface area (TPSA) is 157 Å². The largest absolute Gasteiger partial charge is 0.487 e. The van der Waals surface area contributed by atoms with E-state index in [1.165, 1.54) is 0 Å². The monoisotopic (exact) mass is 426 g/mol. The van der Waals surface area contributed by atoms with Gasteiger partial charge < -0.3 is 21.3 Å². The standard InChI is InChI=1S/C19H30N4O5S/c1-10-11(2)16(12(3)13-9-19(4,5)28-15(10)13)29(26,27)23-18(21)22-14(17(24)25)7-6-8-20/h14H,6-9,20H2,1-5H3,(H,24,25)(H3,21,22,23)/t14-/m1/s1. The van der Waals surface area contributed by atoms with E-state index in [1.54, 1.807) is 13.8 Å². The lowest BCUT2D eigenvalue weighted by atomic mass is 9.94. The van der Waals surface area contributed by atoms with Crippen LogP contribution >= 0.6 is 0 Å². The number of fused-ring (bicyclic) bond motifs is 1. The summed E-state index contributed by atoms with van der Waals surface area (Å²) < 4.78 is 34.4. The summed E-state index contributed by atoms with van der Waals surface area (Å²) in [7, 11) is -4.07. The highest BCUT2D eigenvalue weighted by molar-refractivity contribution is 7.90. The van der Waals surface area contributed by atoms with Gasteiger partial charge in [0.05, 0.1) is 4.90 Å². The third-order valence-electron chi connectivity index (χ3n) is 5.06. The molecular formula is C19H30N4O5S. The number of hydrogen-bond acceptors (Lipinski definition) is 6. The second kappa shape index (κ2) is 8.19. The van der Waals surface area contributed by atoms with Gasteiger partial charge in [0.1, 0.15) is 11.4 Å². The first-order chi connectivity index (χ1) is 13.3. The summed E-state index contributed by atoms with van der Waals surface area (Å²) in [4.78, 5) is 15.3. The number of benzene rings is 1. The van der Waals surface area contributed by atoms with E-state index >= 15 is 0 Å². The Hall–Kier alpha value is -2.33. The summed E-state index contributed by atoms with van der Waals surface area (Å²) in [5.41, 5.74) is 13.5. The van der Waals surface area contributed by atoms with Crippen LogP contribution in [0.2, 0.25) is 0 Å². The second-order valence-corrected chi connectivity index (χ2v) is 9.57. The fourth-order valence-corrected chi connectivity index (χ4v) is 5.10. The van der Waals surface area contributed by atoms with Gasteiger partial charge in [-0.05, 0) is 70.7 Å². The molecule has 0 spiro atoms. The van der Waals surface area contributed by atoms with Gasteiger partial charge in [-0.1, -0.05) is 0 Å². The van der Waals surface area contributed by atoms with Crippen LogP contribution in [0, 0.1) is 20.8 Å². The maximum Gasteiger partial charge on any atom is 0.328 e. The fraction of sp³-hybridized carbons (Fsp3) is 0.579. The highest BCUT2D eigenvalue weighted by atomic mass is 32.2. The molecule has 0 aliphatic carbocycles. The number of nitrogens with zero attached hydrogens (tertiary/aromatic N) is 1. The van der Waals surface area contributed by atoms with E-state index in [9.17, 15) is 18.3 Å². The third kappa shape index (κ3) is 4.81. The first kappa shape index (κ1) is 23.0. The molecule has 0 amide bonds. The van der Waals surface area contributed by atoms with Crippen molar-refractivity contribution in [2.75, 3.05) is 6.54 Å². The molecule has 6 N–H and O–H groups in total. The molecule has 1 aromatic rings. The van der Waals surface area contributed by atoms with Gasteiger partial charge in [-0.2, -0.15) is 0 Å². The van der Waals surface area contributed by atoms with E-state index in [0.29, 0.717) is 30.5 Å². The van der Waals surface area contributed by atoms with Crippen molar-refractivity contribution in [3.63, 3.8) is 0 Å². The molecule has 10 heteroatoms. The number of nitrogens with two attached hydrogens (primary N) is 2. The van der Waals surface area contributed by atoms with Gasteiger partial charge in [0, 0.05) is 12.0 Å². The summed E-state index contributed by atoms with van der Waals surface area (Å²) in [5, 5.41) is 9.25. The summed E-state index contributed by atoms with van der Waals surface area (Å²) in [6.07, 6.45) is 1.18. The minimum Gasteiger partial charge on any atom is -0.487 e. The van der Waals surface area contributed by atoms with Crippen LogP contribution in [0.1, 0.15) is 48.9 Å². The highest BCUT2D eigenvalue weighted by Gasteiger charge is 2.36. The number of aliphatic imine (C=N–C) groups is 1. The van der Waals surface area contributed by atoms with Crippen molar-refractivity contribution < 1.29 is 23.1 Å². The molecule has 0 fully saturated rings. The number of rotatable bonds is 7. The van der Waals surface area contributed by atoms with Crippen molar-refractivity contribution in [1.82, 2.24) is 4.72 Å². The lowest BCUT2D eigenvalue weighted by Crippen LogP contribution is -2.39. The molecular weight excluding hydrogens is 396 g/mol. The number of guanidine groups is 1. The van der Waals surface area contributed by atoms with Crippen LogP contribution in [0.3, 0.4) is 0 Å². The number of sulfonamides is 1. The van der Waals surface area contributed by atoms with Crippen LogP contribution in [-0.4, -0.2) is 43.6 Å². The number of hydrogen-bond donors (Lipinski definition) is 4. The summed E-state index contributed by atoms with van der Waals surface area (Å²) in [5.74, 6) is -0.943. The molecule has 29 heavy (non-hydrogen) atoms. The second-order valence-electron chi connectivity index (χ2n) is 7.96. The zero-order valence-corrected chi connectivity index (χ0v) is 18.3. The molecule has 9 nitrogen and oxygen atoms in total. The lowest BCUT2D eigenvalue weighted by molar-refractivity contribution is -0.138. The van der Waals surface area contributed by atoms with Crippen molar-refractivity contribution in [2.24, 2.45) is 16.5 Å². The molecule has 2 rings (SSSR count). The van der Waals surface area contributed by atoms with Gasteiger partial charge in [-0.25, -0.2) is 22.9 Å². The number of aliphatic carboxylic acids is 1. The summed E-state index contributed by atoms with van der Waals surface area (Å²) >= 11 is 0. The molecule has 1 aliphatic heterocycles. The van der Waals surface area contributed by atoms with Gasteiger partial charge in [-0.3, -0.25) is 0 Å². The number of carboxylic acid groups (broad SMARTS) is 1. The van der Waals surface area contributed by atoms with Gasteiger partial charge in [0.25, 0.3) is 10.0 Å². The van der Waals surface area contributed by atoms with Crippen LogP contribution in [-0.2, 0) is 21.2 Å². The molecule has 1 aliphatic rings. The van der Waals surface area contributed by atoms with Crippen LogP contribution in [0.4, 0.5) is 0 Å². The van der Waals surface area contributed by atoms with Crippen LogP contribution < -0.4 is 20.9 Å². The van der Waals surface area contributed by atoms with E-state index < -0.39 is 33.6 Å². The Morgan fingerprint density at radius 2 is 1.90 bits per heavy atom. The van der Waals surface area contributed by atoms with Crippen LogP contribution in [0.15, 0.2) is 9.89 Å². The molecule has 0 saturated carbocycles. The van der Waals surface area contributed by atoms with E-state index in [4.69, 9.17) is 16.2 Å². The Bertz CT molecular complexity index is 954. The average Bonchev–Trinajstić information content (AvgIpc) is 2.92. The molecule has 162 valence electrons. The summed E-state index contributed by atoms with van der Waals surface area (Å²) in [6, 6.07) is -1.17. The van der Waals surface area contributed by atoms with Gasteiger partial charge in [0.15, 0.2) is 6.04 Å². The molecule has 1 heterocycles. The quantitative estimate of drug-likeness (QED) is 0.375. The van der Waals surface area contributed by atoms with Gasteiger partial charge in [0.2, 0.25) is 5.96 Å². The Balaban J connectivity index is 2.43. The van der Waals surface area contributed by atoms with Gasteiger partial charge >= 0.3 is 5.97 Å². The zero-order chi connectivity index (χ0) is 22.1. The van der Waals surface area contributed by atoms with Gasteiger partial charge in [-0.15, -0.1) is 0 Å². The SMILES string of the molecule is Cc1c(C)c(S(=O)(=O)NC(N)=N[C@H](CCCN)C(=O)O)c(C)c2c1OC(C)(C)C2. The molecule has 0 radical (unpaired) electrons. The number of carbonyl (C=O) groups is 1. The summed E-state index contributed by atoms with van der Waals surface area (Å²) in [6.45, 7) is 9.46. The fourth-order valence-electron chi connectivity index (χ4n) is 3.59. The van der Waals surface area contributed by atoms with Crippen molar-refractivity contribution in [3.05, 3.63) is 22.3 Å². The van der Waals surface area contributed by atoms with Crippen LogP contribution in [0.5, 0.6) is 5.75 Å². The van der Waals surface area contributed by atoms with E-state index in [-0.39, 0.29) is 11.3 Å². The number of carboxylic acids is 1. The first-order valence-electron chi connectivity index (χ1n) is 9.41. The minimum atomic E-state index is -4.07. The Kier molecular flexibility index (Phi) is 6.48. The van der Waals surface area contributed by atoms with Crippen molar-refractivity contribution in [1.29, 1.82) is 0 Å². The highest BCUT2D eigenvalue weighted by Crippen LogP contribution is 2.43. The molecule has 0 bridgehead atoms. The Morgan fingerprint density at radius 1 is 1.28 bits per heavy atom. The van der Waals surface area contributed by atoms with Crippen molar-refractivity contribution in [2.45, 2.75) is 70.4 Å². The zero-order valence-electron chi connectivity index (χ0n) is 17.5. The maximum absolute atomic E-state index is 13.1. The number of ether oxygens (including phenoxy) is 1. The normalized spacial score (nSPS) is 16.8. The predicted molar refractivity (Wildman–Crippen MR) is 111 cm³/mol. The molecule has 1 aromatic carbocycles. The molecule has 0 aromatic heterocycles.